The highest BCUT2D eigenvalue weighted by Crippen LogP contribution is 2.12. The molecule has 0 aromatic heterocycles. The lowest BCUT2D eigenvalue weighted by molar-refractivity contribution is 0.214. The SMILES string of the molecule is CO/N=C(\Cl)c1ccc(Br)cc1. The van der Waals surface area contributed by atoms with Crippen molar-refractivity contribution in [3.8, 4) is 0 Å². The maximum Gasteiger partial charge on any atom is 0.175 e. The van der Waals surface area contributed by atoms with Crippen molar-refractivity contribution in [1.29, 1.82) is 0 Å². The van der Waals surface area contributed by atoms with Crippen LogP contribution in [0.25, 0.3) is 0 Å². The van der Waals surface area contributed by atoms with Gasteiger partial charge in [-0.15, -0.1) is 0 Å². The van der Waals surface area contributed by atoms with E-state index in [0.29, 0.717) is 5.17 Å². The minimum atomic E-state index is 0.352. The van der Waals surface area contributed by atoms with Crippen molar-refractivity contribution in [3.05, 3.63) is 34.3 Å². The molecule has 4 heteroatoms. The first-order valence-electron chi connectivity index (χ1n) is 3.26. The fraction of sp³-hybridized carbons (Fsp3) is 0.125. The fourth-order valence-corrected chi connectivity index (χ4v) is 1.18. The summed E-state index contributed by atoms with van der Waals surface area (Å²) in [5.74, 6) is 0. The van der Waals surface area contributed by atoms with Gasteiger partial charge < -0.3 is 4.84 Å². The highest BCUT2D eigenvalue weighted by Gasteiger charge is 1.98. The van der Waals surface area contributed by atoms with Crippen molar-refractivity contribution in [1.82, 2.24) is 0 Å². The monoisotopic (exact) mass is 247 g/mol. The van der Waals surface area contributed by atoms with Crippen LogP contribution in [0.3, 0.4) is 0 Å². The highest BCUT2D eigenvalue weighted by atomic mass is 79.9. The van der Waals surface area contributed by atoms with Gasteiger partial charge in [0.1, 0.15) is 7.11 Å². The zero-order valence-corrected chi connectivity index (χ0v) is 8.76. The second-order valence-corrected chi connectivity index (χ2v) is 3.35. The first-order chi connectivity index (χ1) is 5.74. The number of rotatable bonds is 2. The molecule has 0 atom stereocenters. The van der Waals surface area contributed by atoms with Gasteiger partial charge in [0.25, 0.3) is 0 Å². The van der Waals surface area contributed by atoms with Crippen LogP contribution in [0.1, 0.15) is 5.56 Å². The van der Waals surface area contributed by atoms with Gasteiger partial charge in [0, 0.05) is 10.0 Å². The largest absolute Gasteiger partial charge is 0.398 e. The van der Waals surface area contributed by atoms with Crippen molar-refractivity contribution >= 4 is 32.7 Å². The van der Waals surface area contributed by atoms with Crippen molar-refractivity contribution in [2.45, 2.75) is 0 Å². The number of hydrogen-bond donors (Lipinski definition) is 0. The Morgan fingerprint density at radius 2 is 2.00 bits per heavy atom. The number of oxime groups is 1. The van der Waals surface area contributed by atoms with Crippen LogP contribution in [-0.2, 0) is 4.84 Å². The molecular formula is C8H7BrClNO. The molecule has 0 heterocycles. The van der Waals surface area contributed by atoms with E-state index in [1.165, 1.54) is 7.11 Å². The zero-order valence-electron chi connectivity index (χ0n) is 6.42. The van der Waals surface area contributed by atoms with E-state index in [-0.39, 0.29) is 0 Å². The molecule has 0 saturated heterocycles. The number of halogens is 2. The van der Waals surface area contributed by atoms with Gasteiger partial charge in [0.05, 0.1) is 0 Å². The van der Waals surface area contributed by atoms with Crippen LogP contribution in [0.15, 0.2) is 33.9 Å². The molecule has 0 radical (unpaired) electrons. The molecule has 0 aliphatic carbocycles. The van der Waals surface area contributed by atoms with Crippen molar-refractivity contribution in [3.63, 3.8) is 0 Å². The third kappa shape index (κ3) is 2.50. The van der Waals surface area contributed by atoms with E-state index >= 15 is 0 Å². The lowest BCUT2D eigenvalue weighted by Crippen LogP contribution is -1.90. The first-order valence-corrected chi connectivity index (χ1v) is 4.43. The zero-order chi connectivity index (χ0) is 8.97. The lowest BCUT2D eigenvalue weighted by atomic mass is 10.2. The minimum Gasteiger partial charge on any atom is -0.398 e. The molecule has 0 saturated carbocycles. The molecule has 1 aromatic rings. The Kier molecular flexibility index (Phi) is 3.56. The van der Waals surface area contributed by atoms with Gasteiger partial charge in [-0.25, -0.2) is 0 Å². The molecule has 0 amide bonds. The van der Waals surface area contributed by atoms with Crippen LogP contribution in [0, 0.1) is 0 Å². The number of hydrogen-bond acceptors (Lipinski definition) is 2. The quantitative estimate of drug-likeness (QED) is 0.582. The third-order valence-corrected chi connectivity index (χ3v) is 2.07. The molecule has 12 heavy (non-hydrogen) atoms. The number of benzene rings is 1. The Morgan fingerprint density at radius 3 is 2.50 bits per heavy atom. The van der Waals surface area contributed by atoms with E-state index in [2.05, 4.69) is 25.9 Å². The molecule has 0 bridgehead atoms. The van der Waals surface area contributed by atoms with Crippen LogP contribution in [0.4, 0.5) is 0 Å². The van der Waals surface area contributed by atoms with E-state index < -0.39 is 0 Å². The summed E-state index contributed by atoms with van der Waals surface area (Å²) in [6, 6.07) is 7.50. The summed E-state index contributed by atoms with van der Waals surface area (Å²) in [6.07, 6.45) is 0. The smallest absolute Gasteiger partial charge is 0.175 e. The number of nitrogens with zero attached hydrogens (tertiary/aromatic N) is 1. The molecule has 64 valence electrons. The molecular weight excluding hydrogens is 241 g/mol. The highest BCUT2D eigenvalue weighted by molar-refractivity contribution is 9.10. The average molecular weight is 249 g/mol. The second-order valence-electron chi connectivity index (χ2n) is 2.07. The van der Waals surface area contributed by atoms with Gasteiger partial charge in [0.2, 0.25) is 0 Å². The first kappa shape index (κ1) is 9.55. The Balaban J connectivity index is 2.89. The summed E-state index contributed by atoms with van der Waals surface area (Å²) < 4.78 is 1.01. The molecule has 1 aromatic carbocycles. The van der Waals surface area contributed by atoms with Crippen molar-refractivity contribution in [2.24, 2.45) is 5.16 Å². The van der Waals surface area contributed by atoms with E-state index in [0.717, 1.165) is 10.0 Å². The summed E-state index contributed by atoms with van der Waals surface area (Å²) in [4.78, 5) is 4.53. The van der Waals surface area contributed by atoms with E-state index in [4.69, 9.17) is 11.6 Å². The standard InChI is InChI=1S/C8H7BrClNO/c1-12-11-8(10)6-2-4-7(9)5-3-6/h2-5H,1H3/b11-8-. The predicted octanol–water partition coefficient (Wildman–Crippen LogP) is 3.00. The summed E-state index contributed by atoms with van der Waals surface area (Å²) in [7, 11) is 1.46. The van der Waals surface area contributed by atoms with Crippen LogP contribution < -0.4 is 0 Å². The van der Waals surface area contributed by atoms with Crippen LogP contribution in [-0.4, -0.2) is 12.3 Å². The van der Waals surface area contributed by atoms with E-state index in [9.17, 15) is 0 Å². The van der Waals surface area contributed by atoms with Gasteiger partial charge >= 0.3 is 0 Å². The molecule has 0 aliphatic rings. The fourth-order valence-electron chi connectivity index (χ4n) is 0.720. The predicted molar refractivity (Wildman–Crippen MR) is 53.5 cm³/mol. The van der Waals surface area contributed by atoms with Crippen LogP contribution in [0.5, 0.6) is 0 Å². The van der Waals surface area contributed by atoms with Crippen LogP contribution >= 0.6 is 27.5 Å². The van der Waals surface area contributed by atoms with Gasteiger partial charge in [0.15, 0.2) is 5.17 Å². The Morgan fingerprint density at radius 1 is 1.42 bits per heavy atom. The third-order valence-electron chi connectivity index (χ3n) is 1.25. The Labute approximate surface area is 84.3 Å². The van der Waals surface area contributed by atoms with Crippen molar-refractivity contribution in [2.75, 3.05) is 7.11 Å². The van der Waals surface area contributed by atoms with E-state index in [1.54, 1.807) is 0 Å². The van der Waals surface area contributed by atoms with Gasteiger partial charge in [-0.3, -0.25) is 0 Å². The lowest BCUT2D eigenvalue weighted by Gasteiger charge is -1.96. The van der Waals surface area contributed by atoms with Gasteiger partial charge in [-0.1, -0.05) is 44.8 Å². The summed E-state index contributed by atoms with van der Waals surface area (Å²) >= 11 is 9.09. The van der Waals surface area contributed by atoms with Gasteiger partial charge in [-0.05, 0) is 12.1 Å². The topological polar surface area (TPSA) is 21.6 Å². The van der Waals surface area contributed by atoms with E-state index in [1.807, 2.05) is 24.3 Å². The summed E-state index contributed by atoms with van der Waals surface area (Å²) in [5.41, 5.74) is 0.835. The molecule has 1 rings (SSSR count). The van der Waals surface area contributed by atoms with Crippen molar-refractivity contribution < 1.29 is 4.84 Å². The molecule has 0 N–H and O–H groups in total. The summed E-state index contributed by atoms with van der Waals surface area (Å²) in [5, 5.41) is 3.94. The Bertz CT molecular complexity index is 284. The molecule has 0 fully saturated rings. The average Bonchev–Trinajstić information content (AvgIpc) is 2.06. The Hall–Kier alpha value is -0.540. The van der Waals surface area contributed by atoms with Gasteiger partial charge in [-0.2, -0.15) is 0 Å². The summed E-state index contributed by atoms with van der Waals surface area (Å²) in [6.45, 7) is 0. The molecule has 0 unspecified atom stereocenters. The normalized spacial score (nSPS) is 11.4. The van der Waals surface area contributed by atoms with Crippen LogP contribution in [0.2, 0.25) is 0 Å². The molecule has 0 aliphatic heterocycles. The second kappa shape index (κ2) is 4.48. The minimum absolute atomic E-state index is 0.352. The molecule has 2 nitrogen and oxygen atoms in total. The maximum atomic E-state index is 5.77. The molecule has 0 spiro atoms. The maximum absolute atomic E-state index is 5.77.